The minimum atomic E-state index is -0.421. The molecule has 0 spiro atoms. The maximum atomic E-state index is 13.7. The van der Waals surface area contributed by atoms with Crippen LogP contribution >= 0.6 is 0 Å². The van der Waals surface area contributed by atoms with Gasteiger partial charge in [-0.2, -0.15) is 0 Å². The molecule has 0 bridgehead atoms. The lowest BCUT2D eigenvalue weighted by atomic mass is 10.1. The molecule has 1 aliphatic rings. The highest BCUT2D eigenvalue weighted by Crippen LogP contribution is 2.32. The van der Waals surface area contributed by atoms with Crippen LogP contribution < -0.4 is 19.5 Å². The van der Waals surface area contributed by atoms with Crippen LogP contribution in [-0.4, -0.2) is 26.2 Å². The molecule has 1 aliphatic heterocycles. The summed E-state index contributed by atoms with van der Waals surface area (Å²) in [6.45, 7) is 2.98. The number of ether oxygens (including phenoxy) is 3. The van der Waals surface area contributed by atoms with Crippen molar-refractivity contribution in [1.82, 2.24) is 5.32 Å². The number of carbonyl (C=O) groups excluding carboxylic acids is 1. The molecule has 0 saturated heterocycles. The lowest BCUT2D eigenvalue weighted by molar-refractivity contribution is -0.121. The van der Waals surface area contributed by atoms with Gasteiger partial charge in [-0.15, -0.1) is 0 Å². The van der Waals surface area contributed by atoms with Gasteiger partial charge in [0.05, 0.1) is 13.2 Å². The zero-order chi connectivity index (χ0) is 18.5. The van der Waals surface area contributed by atoms with E-state index in [2.05, 4.69) is 5.32 Å². The van der Waals surface area contributed by atoms with Crippen molar-refractivity contribution in [3.63, 3.8) is 0 Å². The fourth-order valence-corrected chi connectivity index (χ4v) is 2.85. The molecule has 2 aromatic carbocycles. The van der Waals surface area contributed by atoms with Crippen molar-refractivity contribution in [2.75, 3.05) is 20.3 Å². The number of nitrogens with one attached hydrogen (secondary N) is 1. The van der Waals surface area contributed by atoms with E-state index in [4.69, 9.17) is 14.2 Å². The molecule has 1 N–H and O–H groups in total. The zero-order valence-electron chi connectivity index (χ0n) is 14.9. The molecule has 2 aromatic rings. The van der Waals surface area contributed by atoms with E-state index in [0.29, 0.717) is 25.4 Å². The molecule has 0 radical (unpaired) electrons. The van der Waals surface area contributed by atoms with E-state index in [9.17, 15) is 9.18 Å². The summed E-state index contributed by atoms with van der Waals surface area (Å²) in [5.41, 5.74) is 1.70. The molecule has 1 heterocycles. The molecule has 0 aromatic heterocycles. The van der Waals surface area contributed by atoms with Gasteiger partial charge in [0.15, 0.2) is 23.1 Å². The van der Waals surface area contributed by atoms with Crippen LogP contribution in [-0.2, 0) is 11.2 Å². The number of benzene rings is 2. The first-order valence-corrected chi connectivity index (χ1v) is 8.58. The summed E-state index contributed by atoms with van der Waals surface area (Å²) >= 11 is 0. The SMILES string of the molecule is COc1ccc(CCC(=O)NC(C)c2ccc3c(c2)OCCO3)cc1F. The van der Waals surface area contributed by atoms with Gasteiger partial charge in [-0.3, -0.25) is 4.79 Å². The largest absolute Gasteiger partial charge is 0.494 e. The molecule has 26 heavy (non-hydrogen) atoms. The van der Waals surface area contributed by atoms with Crippen LogP contribution in [0.3, 0.4) is 0 Å². The highest BCUT2D eigenvalue weighted by atomic mass is 19.1. The topological polar surface area (TPSA) is 56.8 Å². The minimum absolute atomic E-state index is 0.0939. The predicted molar refractivity (Wildman–Crippen MR) is 95.3 cm³/mol. The Bertz CT molecular complexity index is 793. The van der Waals surface area contributed by atoms with Crippen LogP contribution in [0.15, 0.2) is 36.4 Å². The summed E-state index contributed by atoms with van der Waals surface area (Å²) in [6, 6.07) is 10.2. The fraction of sp³-hybridized carbons (Fsp3) is 0.350. The third-order valence-corrected chi connectivity index (χ3v) is 4.30. The Kier molecular flexibility index (Phi) is 5.61. The van der Waals surface area contributed by atoms with Crippen molar-refractivity contribution in [1.29, 1.82) is 0 Å². The first kappa shape index (κ1) is 18.0. The van der Waals surface area contributed by atoms with E-state index in [1.807, 2.05) is 25.1 Å². The van der Waals surface area contributed by atoms with Gasteiger partial charge < -0.3 is 19.5 Å². The van der Waals surface area contributed by atoms with Crippen molar-refractivity contribution in [3.05, 3.63) is 53.3 Å². The van der Waals surface area contributed by atoms with Gasteiger partial charge in [-0.05, 0) is 48.7 Å². The Morgan fingerprint density at radius 2 is 1.96 bits per heavy atom. The minimum Gasteiger partial charge on any atom is -0.494 e. The maximum Gasteiger partial charge on any atom is 0.220 e. The predicted octanol–water partition coefficient (Wildman–Crippen LogP) is 3.42. The molecule has 0 saturated carbocycles. The summed E-state index contributed by atoms with van der Waals surface area (Å²) in [5.74, 6) is 1.10. The van der Waals surface area contributed by atoms with Gasteiger partial charge in [-0.1, -0.05) is 12.1 Å². The lowest BCUT2D eigenvalue weighted by Gasteiger charge is -2.21. The number of amides is 1. The van der Waals surface area contributed by atoms with E-state index in [1.165, 1.54) is 13.2 Å². The van der Waals surface area contributed by atoms with Gasteiger partial charge in [0, 0.05) is 6.42 Å². The van der Waals surface area contributed by atoms with Crippen molar-refractivity contribution in [2.24, 2.45) is 0 Å². The van der Waals surface area contributed by atoms with E-state index in [0.717, 1.165) is 16.9 Å². The van der Waals surface area contributed by atoms with Gasteiger partial charge >= 0.3 is 0 Å². The summed E-state index contributed by atoms with van der Waals surface area (Å²) in [4.78, 5) is 12.2. The Labute approximate surface area is 152 Å². The molecule has 5 nitrogen and oxygen atoms in total. The van der Waals surface area contributed by atoms with Gasteiger partial charge in [0.2, 0.25) is 5.91 Å². The number of fused-ring (bicyclic) bond motifs is 1. The third-order valence-electron chi connectivity index (χ3n) is 4.30. The van der Waals surface area contributed by atoms with Gasteiger partial charge in [0.1, 0.15) is 13.2 Å². The van der Waals surface area contributed by atoms with Gasteiger partial charge in [-0.25, -0.2) is 4.39 Å². The first-order chi connectivity index (χ1) is 12.6. The monoisotopic (exact) mass is 359 g/mol. The number of hydrogen-bond donors (Lipinski definition) is 1. The summed E-state index contributed by atoms with van der Waals surface area (Å²) in [7, 11) is 1.42. The number of methoxy groups -OCH3 is 1. The fourth-order valence-electron chi connectivity index (χ4n) is 2.85. The highest BCUT2D eigenvalue weighted by molar-refractivity contribution is 5.76. The molecule has 6 heteroatoms. The molecule has 3 rings (SSSR count). The second-order valence-corrected chi connectivity index (χ2v) is 6.16. The molecular formula is C20H22FNO4. The van der Waals surface area contributed by atoms with Crippen molar-refractivity contribution >= 4 is 5.91 Å². The van der Waals surface area contributed by atoms with Crippen LogP contribution in [0.25, 0.3) is 0 Å². The second kappa shape index (κ2) is 8.08. The Morgan fingerprint density at radius 1 is 1.19 bits per heavy atom. The summed E-state index contributed by atoms with van der Waals surface area (Å²) in [5, 5.41) is 2.96. The number of carbonyl (C=O) groups is 1. The van der Waals surface area contributed by atoms with Crippen molar-refractivity contribution in [3.8, 4) is 17.2 Å². The molecule has 1 unspecified atom stereocenters. The Balaban J connectivity index is 1.55. The van der Waals surface area contributed by atoms with E-state index in [-0.39, 0.29) is 24.1 Å². The summed E-state index contributed by atoms with van der Waals surface area (Å²) in [6.07, 6.45) is 0.737. The molecule has 1 amide bonds. The third kappa shape index (κ3) is 4.25. The Morgan fingerprint density at radius 3 is 2.69 bits per heavy atom. The summed E-state index contributed by atoms with van der Waals surface area (Å²) < 4.78 is 29.7. The van der Waals surface area contributed by atoms with E-state index < -0.39 is 5.82 Å². The standard InChI is InChI=1S/C20H22FNO4/c1-13(15-5-7-18-19(12-15)26-10-9-25-18)22-20(23)8-4-14-3-6-17(24-2)16(21)11-14/h3,5-7,11-13H,4,8-10H2,1-2H3,(H,22,23). The number of aryl methyl sites for hydroxylation is 1. The van der Waals surface area contributed by atoms with Crippen molar-refractivity contribution in [2.45, 2.75) is 25.8 Å². The van der Waals surface area contributed by atoms with Gasteiger partial charge in [0.25, 0.3) is 0 Å². The average molecular weight is 359 g/mol. The van der Waals surface area contributed by atoms with Crippen LogP contribution in [0.1, 0.15) is 30.5 Å². The smallest absolute Gasteiger partial charge is 0.220 e. The lowest BCUT2D eigenvalue weighted by Crippen LogP contribution is -2.27. The second-order valence-electron chi connectivity index (χ2n) is 6.16. The van der Waals surface area contributed by atoms with Crippen LogP contribution in [0.4, 0.5) is 4.39 Å². The number of halogens is 1. The first-order valence-electron chi connectivity index (χ1n) is 8.58. The molecular weight excluding hydrogens is 337 g/mol. The van der Waals surface area contributed by atoms with E-state index >= 15 is 0 Å². The average Bonchev–Trinajstić information content (AvgIpc) is 2.66. The number of rotatable bonds is 6. The maximum absolute atomic E-state index is 13.7. The normalized spacial score (nSPS) is 13.8. The van der Waals surface area contributed by atoms with Crippen LogP contribution in [0, 0.1) is 5.82 Å². The molecule has 1 atom stereocenters. The zero-order valence-corrected chi connectivity index (χ0v) is 14.9. The highest BCUT2D eigenvalue weighted by Gasteiger charge is 2.16. The van der Waals surface area contributed by atoms with Crippen LogP contribution in [0.2, 0.25) is 0 Å². The molecule has 0 fully saturated rings. The Hall–Kier alpha value is -2.76. The molecule has 138 valence electrons. The van der Waals surface area contributed by atoms with Crippen LogP contribution in [0.5, 0.6) is 17.2 Å². The number of hydrogen-bond acceptors (Lipinski definition) is 4. The van der Waals surface area contributed by atoms with E-state index in [1.54, 1.807) is 12.1 Å². The molecule has 0 aliphatic carbocycles. The van der Waals surface area contributed by atoms with Crippen molar-refractivity contribution < 1.29 is 23.4 Å². The quantitative estimate of drug-likeness (QED) is 0.859.